The van der Waals surface area contributed by atoms with Crippen LogP contribution in [0.3, 0.4) is 0 Å². The van der Waals surface area contributed by atoms with E-state index in [1.54, 1.807) is 6.33 Å². The number of rotatable bonds is 4. The van der Waals surface area contributed by atoms with Crippen LogP contribution in [0.5, 0.6) is 0 Å². The number of fused-ring (bicyclic) bond motifs is 1. The fourth-order valence-corrected chi connectivity index (χ4v) is 3.76. The lowest BCUT2D eigenvalue weighted by Crippen LogP contribution is -2.39. The van der Waals surface area contributed by atoms with Crippen LogP contribution in [0.15, 0.2) is 16.9 Å². The largest absolute Gasteiger partial charge is 0.367 e. The number of nitrogens with zero attached hydrogens (tertiary/aromatic N) is 4. The van der Waals surface area contributed by atoms with Crippen molar-refractivity contribution < 1.29 is 4.52 Å². The molecule has 1 saturated heterocycles. The van der Waals surface area contributed by atoms with Gasteiger partial charge in [0.15, 0.2) is 0 Å². The van der Waals surface area contributed by atoms with Crippen LogP contribution in [0.1, 0.15) is 48.4 Å². The number of hydrogen-bond acceptors (Lipinski definition) is 6. The minimum absolute atomic E-state index is 0.488. The molecule has 2 aromatic rings. The predicted octanol–water partition coefficient (Wildman–Crippen LogP) is 2.73. The van der Waals surface area contributed by atoms with Crippen molar-refractivity contribution in [3.05, 3.63) is 35.1 Å². The highest BCUT2D eigenvalue weighted by molar-refractivity contribution is 5.35. The van der Waals surface area contributed by atoms with Crippen molar-refractivity contribution in [3.63, 3.8) is 0 Å². The lowest BCUT2D eigenvalue weighted by molar-refractivity contribution is 0.205. The number of aromatic nitrogens is 3. The second kappa shape index (κ2) is 6.89. The molecule has 1 aliphatic heterocycles. The normalized spacial score (nSPS) is 19.2. The Bertz CT molecular complexity index is 690. The number of nitrogens with one attached hydrogen (secondary N) is 1. The fraction of sp³-hybridized carbons (Fsp3) is 0.611. The van der Waals surface area contributed by atoms with E-state index in [2.05, 4.69) is 25.3 Å². The van der Waals surface area contributed by atoms with Crippen LogP contribution in [-0.2, 0) is 19.4 Å². The maximum absolute atomic E-state index is 5.54. The summed E-state index contributed by atoms with van der Waals surface area (Å²) in [5, 5.41) is 7.88. The van der Waals surface area contributed by atoms with Gasteiger partial charge in [0.1, 0.15) is 23.6 Å². The molecule has 0 radical (unpaired) electrons. The number of likely N-dealkylation sites (tertiary alicyclic amines) is 1. The Balaban J connectivity index is 1.31. The summed E-state index contributed by atoms with van der Waals surface area (Å²) in [5.41, 5.74) is 3.56. The van der Waals surface area contributed by atoms with Gasteiger partial charge in [-0.25, -0.2) is 9.97 Å². The molecular formula is C18H25N5O. The Morgan fingerprint density at radius 1 is 1.21 bits per heavy atom. The maximum atomic E-state index is 5.54. The summed E-state index contributed by atoms with van der Waals surface area (Å²) in [5.74, 6) is 2.07. The third-order valence-electron chi connectivity index (χ3n) is 5.15. The van der Waals surface area contributed by atoms with Gasteiger partial charge in [-0.2, -0.15) is 0 Å². The van der Waals surface area contributed by atoms with Gasteiger partial charge in [-0.15, -0.1) is 0 Å². The number of aryl methyl sites for hydroxylation is 2. The molecule has 6 heteroatoms. The zero-order chi connectivity index (χ0) is 16.4. The Kier molecular flexibility index (Phi) is 4.47. The molecule has 3 heterocycles. The highest BCUT2D eigenvalue weighted by atomic mass is 16.5. The average Bonchev–Trinajstić information content (AvgIpc) is 3.00. The van der Waals surface area contributed by atoms with Gasteiger partial charge in [0.2, 0.25) is 0 Å². The molecule has 0 spiro atoms. The molecule has 0 aromatic carbocycles. The quantitative estimate of drug-likeness (QED) is 0.931. The van der Waals surface area contributed by atoms with Crippen LogP contribution in [-0.4, -0.2) is 39.2 Å². The van der Waals surface area contributed by atoms with Gasteiger partial charge in [0, 0.05) is 49.4 Å². The zero-order valence-electron chi connectivity index (χ0n) is 14.3. The van der Waals surface area contributed by atoms with E-state index in [0.29, 0.717) is 6.04 Å². The number of piperidine rings is 1. The smallest absolute Gasteiger partial charge is 0.140 e. The van der Waals surface area contributed by atoms with Crippen LogP contribution in [0.4, 0.5) is 5.82 Å². The van der Waals surface area contributed by atoms with Gasteiger partial charge >= 0.3 is 0 Å². The van der Waals surface area contributed by atoms with Crippen LogP contribution >= 0.6 is 0 Å². The maximum Gasteiger partial charge on any atom is 0.140 e. The highest BCUT2D eigenvalue weighted by Crippen LogP contribution is 2.26. The van der Waals surface area contributed by atoms with Crippen molar-refractivity contribution in [1.29, 1.82) is 0 Å². The highest BCUT2D eigenvalue weighted by Gasteiger charge is 2.24. The third kappa shape index (κ3) is 3.43. The molecule has 2 aromatic heterocycles. The van der Waals surface area contributed by atoms with Gasteiger partial charge in [-0.05, 0) is 39.0 Å². The van der Waals surface area contributed by atoms with E-state index in [-0.39, 0.29) is 0 Å². The van der Waals surface area contributed by atoms with Gasteiger partial charge in [-0.1, -0.05) is 5.16 Å². The second-order valence-electron chi connectivity index (χ2n) is 6.98. The third-order valence-corrected chi connectivity index (χ3v) is 5.15. The molecule has 0 amide bonds. The second-order valence-corrected chi connectivity index (χ2v) is 6.98. The van der Waals surface area contributed by atoms with E-state index in [4.69, 9.17) is 4.52 Å². The van der Waals surface area contributed by atoms with Crippen molar-refractivity contribution >= 4 is 5.82 Å². The standard InChI is InChI=1S/C18H25N5O/c1-13-10-18(20-12-19-13)21-14-6-8-23(9-7-14)11-16-15-4-2-3-5-17(15)24-22-16/h10,12,14H,2-9,11H2,1H3,(H,19,20,21). The molecule has 24 heavy (non-hydrogen) atoms. The van der Waals surface area contributed by atoms with Crippen molar-refractivity contribution in [3.8, 4) is 0 Å². The number of anilines is 1. The van der Waals surface area contributed by atoms with Crippen molar-refractivity contribution in [2.75, 3.05) is 18.4 Å². The first-order chi connectivity index (χ1) is 11.8. The molecule has 1 aliphatic carbocycles. The molecule has 1 fully saturated rings. The fourth-order valence-electron chi connectivity index (χ4n) is 3.76. The Morgan fingerprint density at radius 2 is 2.04 bits per heavy atom. The molecule has 0 bridgehead atoms. The van der Waals surface area contributed by atoms with E-state index in [9.17, 15) is 0 Å². The molecule has 128 valence electrons. The Labute approximate surface area is 142 Å². The van der Waals surface area contributed by atoms with Crippen molar-refractivity contribution in [1.82, 2.24) is 20.0 Å². The summed E-state index contributed by atoms with van der Waals surface area (Å²) in [7, 11) is 0. The monoisotopic (exact) mass is 327 g/mol. The van der Waals surface area contributed by atoms with Crippen LogP contribution in [0.25, 0.3) is 0 Å². The van der Waals surface area contributed by atoms with Crippen LogP contribution < -0.4 is 5.32 Å². The van der Waals surface area contributed by atoms with Crippen molar-refractivity contribution in [2.24, 2.45) is 0 Å². The van der Waals surface area contributed by atoms with E-state index in [1.807, 2.05) is 13.0 Å². The topological polar surface area (TPSA) is 67.1 Å². The van der Waals surface area contributed by atoms with Crippen molar-refractivity contribution in [2.45, 2.75) is 58.0 Å². The lowest BCUT2D eigenvalue weighted by Gasteiger charge is -2.32. The summed E-state index contributed by atoms with van der Waals surface area (Å²) in [6, 6.07) is 2.50. The molecule has 6 nitrogen and oxygen atoms in total. The summed E-state index contributed by atoms with van der Waals surface area (Å²) in [6.07, 6.45) is 8.59. The van der Waals surface area contributed by atoms with E-state index in [0.717, 1.165) is 62.6 Å². The van der Waals surface area contributed by atoms with Gasteiger partial charge < -0.3 is 9.84 Å². The van der Waals surface area contributed by atoms with Gasteiger partial charge in [0.05, 0.1) is 0 Å². The van der Waals surface area contributed by atoms with E-state index < -0.39 is 0 Å². The summed E-state index contributed by atoms with van der Waals surface area (Å²) in [6.45, 7) is 5.10. The van der Waals surface area contributed by atoms with E-state index in [1.165, 1.54) is 24.1 Å². The molecule has 1 N–H and O–H groups in total. The summed E-state index contributed by atoms with van der Waals surface area (Å²) >= 11 is 0. The minimum Gasteiger partial charge on any atom is -0.367 e. The van der Waals surface area contributed by atoms with Crippen LogP contribution in [0, 0.1) is 6.92 Å². The summed E-state index contributed by atoms with van der Waals surface area (Å²) in [4.78, 5) is 10.9. The van der Waals surface area contributed by atoms with Gasteiger partial charge in [0.25, 0.3) is 0 Å². The predicted molar refractivity (Wildman–Crippen MR) is 91.8 cm³/mol. The molecular weight excluding hydrogens is 302 g/mol. The Hall–Kier alpha value is -1.95. The van der Waals surface area contributed by atoms with Gasteiger partial charge in [-0.3, -0.25) is 4.90 Å². The summed E-state index contributed by atoms with van der Waals surface area (Å²) < 4.78 is 5.54. The first kappa shape index (κ1) is 15.6. The van der Waals surface area contributed by atoms with Crippen LogP contribution in [0.2, 0.25) is 0 Å². The molecule has 0 atom stereocenters. The molecule has 0 unspecified atom stereocenters. The SMILES string of the molecule is Cc1cc(NC2CCN(Cc3noc4c3CCCC4)CC2)ncn1. The molecule has 2 aliphatic rings. The first-order valence-electron chi connectivity index (χ1n) is 9.02. The lowest BCUT2D eigenvalue weighted by atomic mass is 9.96. The first-order valence-corrected chi connectivity index (χ1v) is 9.02. The molecule has 0 saturated carbocycles. The zero-order valence-corrected chi connectivity index (χ0v) is 14.3. The molecule has 4 rings (SSSR count). The average molecular weight is 327 g/mol. The minimum atomic E-state index is 0.488. The Morgan fingerprint density at radius 3 is 2.88 bits per heavy atom. The van der Waals surface area contributed by atoms with E-state index >= 15 is 0 Å². The number of hydrogen-bond donors (Lipinski definition) is 1.